The molecule has 0 aliphatic carbocycles. The third kappa shape index (κ3) is 5.17. The van der Waals surface area contributed by atoms with Gasteiger partial charge in [-0.05, 0) is 46.0 Å². The number of hydrogen-bond donors (Lipinski definition) is 1. The third-order valence-electron chi connectivity index (χ3n) is 8.56. The second-order valence-corrected chi connectivity index (χ2v) is 10.8. The van der Waals surface area contributed by atoms with Crippen LogP contribution in [-0.4, -0.2) is 121 Å². The molecule has 4 heterocycles. The molecule has 2 amide bonds. The maximum Gasteiger partial charge on any atom is 0.312 e. The van der Waals surface area contributed by atoms with Crippen LogP contribution in [0, 0.1) is 11.8 Å². The molecule has 2 bridgehead atoms. The maximum atomic E-state index is 14.3. The Hall–Kier alpha value is -2.01. The summed E-state index contributed by atoms with van der Waals surface area (Å²) in [6.45, 7) is 12.8. The minimum atomic E-state index is -1.05. The van der Waals surface area contributed by atoms with Gasteiger partial charge in [0.15, 0.2) is 0 Å². The van der Waals surface area contributed by atoms with Crippen LogP contribution in [0.5, 0.6) is 0 Å². The lowest BCUT2D eigenvalue weighted by molar-refractivity contribution is -0.160. The number of ether oxygens (including phenoxy) is 3. The van der Waals surface area contributed by atoms with E-state index in [0.29, 0.717) is 65.1 Å². The first kappa shape index (κ1) is 28.0. The Balaban J connectivity index is 1.62. The first-order valence-corrected chi connectivity index (χ1v) is 13.8. The number of fused-ring (bicyclic) bond motifs is 1. The molecule has 4 aliphatic heterocycles. The number of aliphatic hydroxyl groups is 1. The number of rotatable bonds is 13. The van der Waals surface area contributed by atoms with Crippen LogP contribution in [0.2, 0.25) is 0 Å². The van der Waals surface area contributed by atoms with E-state index >= 15 is 0 Å². The minimum Gasteiger partial charge on any atom is -0.466 e. The molecule has 208 valence electrons. The summed E-state index contributed by atoms with van der Waals surface area (Å²) in [5, 5.41) is 9.21. The summed E-state index contributed by atoms with van der Waals surface area (Å²) in [6, 6.07) is -0.801. The Morgan fingerprint density at radius 1 is 1.22 bits per heavy atom. The molecular formula is C27H43N3O7. The van der Waals surface area contributed by atoms with Crippen LogP contribution in [0.3, 0.4) is 0 Å². The molecule has 4 aliphatic rings. The molecule has 1 spiro atoms. The number of likely N-dealkylation sites (tertiary alicyclic amines) is 1. The predicted molar refractivity (Wildman–Crippen MR) is 136 cm³/mol. The van der Waals surface area contributed by atoms with Crippen LogP contribution in [0.4, 0.5) is 0 Å². The van der Waals surface area contributed by atoms with Crippen LogP contribution in [0.1, 0.15) is 46.0 Å². The number of aliphatic hydroxyl groups excluding tert-OH is 1. The van der Waals surface area contributed by atoms with E-state index in [1.54, 1.807) is 22.8 Å². The van der Waals surface area contributed by atoms with E-state index < -0.39 is 35.0 Å². The molecule has 0 aromatic rings. The quantitative estimate of drug-likeness (QED) is 0.216. The largest absolute Gasteiger partial charge is 0.466 e. The van der Waals surface area contributed by atoms with Crippen molar-refractivity contribution in [3.05, 3.63) is 12.7 Å². The molecule has 0 aromatic carbocycles. The van der Waals surface area contributed by atoms with Gasteiger partial charge in [0.1, 0.15) is 17.6 Å². The van der Waals surface area contributed by atoms with Gasteiger partial charge in [-0.1, -0.05) is 6.08 Å². The van der Waals surface area contributed by atoms with Gasteiger partial charge in [-0.25, -0.2) is 0 Å². The first-order valence-electron chi connectivity index (χ1n) is 13.8. The van der Waals surface area contributed by atoms with Crippen molar-refractivity contribution < 1.29 is 33.7 Å². The van der Waals surface area contributed by atoms with Gasteiger partial charge in [0.25, 0.3) is 0 Å². The molecular weight excluding hydrogens is 478 g/mol. The lowest BCUT2D eigenvalue weighted by atomic mass is 9.66. The SMILES string of the molecule is C=CCN(CCN1CCOCC1)C(=O)C1N(CCCCCO)C(=O)[C@@H]2[C@@H](C(=O)OCC)[C@@]3(C)CCC12O3. The van der Waals surface area contributed by atoms with Gasteiger partial charge in [-0.15, -0.1) is 6.58 Å². The fraction of sp³-hybridized carbons (Fsp3) is 0.815. The highest BCUT2D eigenvalue weighted by atomic mass is 16.6. The van der Waals surface area contributed by atoms with Gasteiger partial charge >= 0.3 is 5.97 Å². The highest BCUT2D eigenvalue weighted by Crippen LogP contribution is 2.63. The standard InChI is InChI=1S/C27H43N3O7/c1-4-11-29(14-13-28-15-18-35-19-16-28)24(33)22-27-10-9-26(3,37-27)21(25(34)36-5-2)20(27)23(32)30(22)12-7-6-8-17-31/h4,20-22,31H,1,5-19H2,2-3H3/t20-,21-,22?,26+,27?/m0/s1. The average molecular weight is 522 g/mol. The van der Waals surface area contributed by atoms with Crippen LogP contribution in [0.25, 0.3) is 0 Å². The Morgan fingerprint density at radius 2 is 1.97 bits per heavy atom. The van der Waals surface area contributed by atoms with E-state index in [2.05, 4.69) is 11.5 Å². The van der Waals surface area contributed by atoms with E-state index in [1.807, 2.05) is 6.92 Å². The third-order valence-corrected chi connectivity index (χ3v) is 8.56. The fourth-order valence-corrected chi connectivity index (χ4v) is 6.81. The van der Waals surface area contributed by atoms with E-state index in [0.717, 1.165) is 19.5 Å². The van der Waals surface area contributed by atoms with Crippen molar-refractivity contribution >= 4 is 17.8 Å². The topological polar surface area (TPSA) is 109 Å². The van der Waals surface area contributed by atoms with E-state index in [1.165, 1.54) is 0 Å². The van der Waals surface area contributed by atoms with Gasteiger partial charge in [0.05, 0.1) is 31.3 Å². The number of nitrogens with zero attached hydrogens (tertiary/aromatic N) is 3. The van der Waals surface area contributed by atoms with Crippen molar-refractivity contribution in [2.24, 2.45) is 11.8 Å². The lowest BCUT2D eigenvalue weighted by Crippen LogP contribution is -2.57. The summed E-state index contributed by atoms with van der Waals surface area (Å²) in [7, 11) is 0. The number of unbranched alkanes of at least 4 members (excludes halogenated alkanes) is 2. The Kier molecular flexibility index (Phi) is 8.93. The van der Waals surface area contributed by atoms with Crippen molar-refractivity contribution in [1.82, 2.24) is 14.7 Å². The van der Waals surface area contributed by atoms with Gasteiger partial charge < -0.3 is 29.1 Å². The number of carbonyl (C=O) groups excluding carboxylic acids is 3. The highest BCUT2D eigenvalue weighted by Gasteiger charge is 2.78. The molecule has 4 rings (SSSR count). The van der Waals surface area contributed by atoms with Crippen molar-refractivity contribution in [3.63, 3.8) is 0 Å². The molecule has 0 saturated carbocycles. The average Bonchev–Trinajstić information content (AvgIpc) is 3.45. The summed E-state index contributed by atoms with van der Waals surface area (Å²) < 4.78 is 17.5. The van der Waals surface area contributed by atoms with Gasteiger partial charge in [-0.3, -0.25) is 19.3 Å². The summed E-state index contributed by atoms with van der Waals surface area (Å²) in [5.74, 6) is -2.24. The van der Waals surface area contributed by atoms with Crippen LogP contribution in [0.15, 0.2) is 12.7 Å². The van der Waals surface area contributed by atoms with Crippen molar-refractivity contribution in [3.8, 4) is 0 Å². The smallest absolute Gasteiger partial charge is 0.312 e. The summed E-state index contributed by atoms with van der Waals surface area (Å²) >= 11 is 0. The first-order chi connectivity index (χ1) is 17.8. The molecule has 10 nitrogen and oxygen atoms in total. The van der Waals surface area contributed by atoms with Gasteiger partial charge in [-0.2, -0.15) is 0 Å². The Bertz CT molecular complexity index is 863. The maximum absolute atomic E-state index is 14.3. The second kappa shape index (κ2) is 11.8. The van der Waals surface area contributed by atoms with E-state index in [4.69, 9.17) is 14.2 Å². The molecule has 10 heteroatoms. The van der Waals surface area contributed by atoms with Crippen molar-refractivity contribution in [1.29, 1.82) is 0 Å². The molecule has 0 radical (unpaired) electrons. The monoisotopic (exact) mass is 521 g/mol. The molecule has 4 saturated heterocycles. The van der Waals surface area contributed by atoms with E-state index in [9.17, 15) is 19.5 Å². The zero-order chi connectivity index (χ0) is 26.6. The summed E-state index contributed by atoms with van der Waals surface area (Å²) in [5.41, 5.74) is -1.87. The fourth-order valence-electron chi connectivity index (χ4n) is 6.81. The number of esters is 1. The molecule has 37 heavy (non-hydrogen) atoms. The van der Waals surface area contributed by atoms with Gasteiger partial charge in [0, 0.05) is 45.9 Å². The van der Waals surface area contributed by atoms with E-state index in [-0.39, 0.29) is 25.0 Å². The molecule has 0 aromatic heterocycles. The number of amides is 2. The molecule has 4 fully saturated rings. The number of carbonyl (C=O) groups is 3. The normalized spacial score (nSPS) is 33.0. The zero-order valence-corrected chi connectivity index (χ0v) is 22.4. The second-order valence-electron chi connectivity index (χ2n) is 10.8. The number of morpholine rings is 1. The van der Waals surface area contributed by atoms with Crippen molar-refractivity contribution in [2.45, 2.75) is 63.2 Å². The molecule has 5 atom stereocenters. The minimum absolute atomic E-state index is 0.0872. The summed E-state index contributed by atoms with van der Waals surface area (Å²) in [4.78, 5) is 47.1. The zero-order valence-electron chi connectivity index (χ0n) is 22.4. The van der Waals surface area contributed by atoms with Crippen LogP contribution in [-0.2, 0) is 28.6 Å². The van der Waals surface area contributed by atoms with Crippen molar-refractivity contribution in [2.75, 3.05) is 65.7 Å². The summed E-state index contributed by atoms with van der Waals surface area (Å²) in [6.07, 6.45) is 4.89. The molecule has 1 N–H and O–H groups in total. The Labute approximate surface area is 219 Å². The predicted octanol–water partition coefficient (Wildman–Crippen LogP) is 0.824. The highest BCUT2D eigenvalue weighted by molar-refractivity contribution is 5.98. The lowest BCUT2D eigenvalue weighted by Gasteiger charge is -2.37. The van der Waals surface area contributed by atoms with Crippen LogP contribution < -0.4 is 0 Å². The Morgan fingerprint density at radius 3 is 2.65 bits per heavy atom. The van der Waals surface area contributed by atoms with Gasteiger partial charge in [0.2, 0.25) is 11.8 Å². The van der Waals surface area contributed by atoms with Crippen LogP contribution >= 0.6 is 0 Å². The number of hydrogen-bond acceptors (Lipinski definition) is 8. The molecule has 2 unspecified atom stereocenters.